The largest absolute Gasteiger partial charge is 0.340 e. The molecule has 1 unspecified atom stereocenters. The topological polar surface area (TPSA) is 71.1 Å². The molecule has 1 aromatic heterocycles. The third kappa shape index (κ3) is 4.38. The molecule has 7 heteroatoms. The number of thiazole rings is 1. The second kappa shape index (κ2) is 8.09. The zero-order valence-corrected chi connectivity index (χ0v) is 15.6. The maximum absolute atomic E-state index is 13.6. The molecule has 2 N–H and O–H groups in total. The lowest BCUT2D eigenvalue weighted by Crippen LogP contribution is -2.41. The van der Waals surface area contributed by atoms with Crippen LogP contribution in [0.3, 0.4) is 0 Å². The number of hydrogen-bond donors (Lipinski definition) is 2. The first kappa shape index (κ1) is 18.7. The summed E-state index contributed by atoms with van der Waals surface area (Å²) in [6.07, 6.45) is 0. The van der Waals surface area contributed by atoms with E-state index in [-0.39, 0.29) is 11.6 Å². The first-order valence-corrected chi connectivity index (χ1v) is 9.16. The van der Waals surface area contributed by atoms with Gasteiger partial charge in [0.05, 0.1) is 11.4 Å². The van der Waals surface area contributed by atoms with E-state index in [0.29, 0.717) is 10.6 Å². The van der Waals surface area contributed by atoms with E-state index in [9.17, 15) is 14.0 Å². The third-order valence-corrected chi connectivity index (χ3v) is 5.10. The molecular weight excluding hydrogens is 365 g/mol. The molecule has 0 fully saturated rings. The normalized spacial score (nSPS) is 11.7. The number of para-hydroxylation sites is 1. The number of nitrogens with zero attached hydrogens (tertiary/aromatic N) is 1. The second-order valence-corrected chi connectivity index (χ2v) is 6.96. The molecular formula is C20H18FN3O2S. The van der Waals surface area contributed by atoms with E-state index in [1.807, 2.05) is 30.3 Å². The summed E-state index contributed by atoms with van der Waals surface area (Å²) in [4.78, 5) is 29.7. The molecule has 0 saturated carbocycles. The maximum atomic E-state index is 13.6. The average Bonchev–Trinajstić information content (AvgIpc) is 3.06. The Morgan fingerprint density at radius 2 is 1.74 bits per heavy atom. The summed E-state index contributed by atoms with van der Waals surface area (Å²) < 4.78 is 13.6. The van der Waals surface area contributed by atoms with Gasteiger partial charge in [-0.05, 0) is 26.0 Å². The van der Waals surface area contributed by atoms with Gasteiger partial charge in [0.1, 0.15) is 21.7 Å². The number of amides is 2. The van der Waals surface area contributed by atoms with E-state index in [0.717, 1.165) is 10.6 Å². The molecule has 5 nitrogen and oxygen atoms in total. The second-order valence-electron chi connectivity index (χ2n) is 5.96. The Hall–Kier alpha value is -3.06. The summed E-state index contributed by atoms with van der Waals surface area (Å²) in [6.45, 7) is 3.30. The van der Waals surface area contributed by atoms with Gasteiger partial charge in [0, 0.05) is 5.56 Å². The van der Waals surface area contributed by atoms with E-state index in [1.54, 1.807) is 19.9 Å². The quantitative estimate of drug-likeness (QED) is 0.699. The van der Waals surface area contributed by atoms with Crippen molar-refractivity contribution >= 4 is 28.8 Å². The summed E-state index contributed by atoms with van der Waals surface area (Å²) in [7, 11) is 0. The number of carbonyl (C=O) groups excluding carboxylic acids is 2. The summed E-state index contributed by atoms with van der Waals surface area (Å²) in [6, 6.07) is 14.6. The fourth-order valence-electron chi connectivity index (χ4n) is 2.44. The molecule has 3 rings (SSSR count). The number of hydrogen-bond acceptors (Lipinski definition) is 4. The van der Waals surface area contributed by atoms with Gasteiger partial charge in [0.15, 0.2) is 0 Å². The summed E-state index contributed by atoms with van der Waals surface area (Å²) in [5, 5.41) is 5.85. The minimum absolute atomic E-state index is 0.0731. The molecule has 0 saturated heterocycles. The van der Waals surface area contributed by atoms with Crippen LogP contribution in [-0.2, 0) is 4.79 Å². The van der Waals surface area contributed by atoms with E-state index >= 15 is 0 Å². The van der Waals surface area contributed by atoms with Crippen LogP contribution in [-0.4, -0.2) is 22.8 Å². The number of halogens is 1. The van der Waals surface area contributed by atoms with Gasteiger partial charge >= 0.3 is 0 Å². The number of anilines is 1. The van der Waals surface area contributed by atoms with Crippen LogP contribution in [0.4, 0.5) is 10.1 Å². The number of nitrogens with one attached hydrogen (secondary N) is 2. The van der Waals surface area contributed by atoms with E-state index < -0.39 is 17.8 Å². The molecule has 0 aliphatic carbocycles. The fourth-order valence-corrected chi connectivity index (χ4v) is 3.42. The van der Waals surface area contributed by atoms with Crippen LogP contribution >= 0.6 is 11.3 Å². The van der Waals surface area contributed by atoms with Crippen molar-refractivity contribution in [3.05, 3.63) is 71.0 Å². The van der Waals surface area contributed by atoms with Gasteiger partial charge in [-0.2, -0.15) is 0 Å². The van der Waals surface area contributed by atoms with Crippen molar-refractivity contribution in [2.75, 3.05) is 5.32 Å². The molecule has 0 radical (unpaired) electrons. The molecule has 1 heterocycles. The Kier molecular flexibility index (Phi) is 5.61. The molecule has 27 heavy (non-hydrogen) atoms. The summed E-state index contributed by atoms with van der Waals surface area (Å²) in [5.41, 5.74) is 1.59. The van der Waals surface area contributed by atoms with Gasteiger partial charge in [-0.3, -0.25) is 9.59 Å². The van der Waals surface area contributed by atoms with E-state index in [4.69, 9.17) is 0 Å². The Morgan fingerprint density at radius 3 is 2.44 bits per heavy atom. The van der Waals surface area contributed by atoms with Crippen molar-refractivity contribution in [2.45, 2.75) is 19.9 Å². The third-order valence-electron chi connectivity index (χ3n) is 3.90. The predicted octanol–water partition coefficient (Wildman–Crippen LogP) is 4.01. The fraction of sp³-hybridized carbons (Fsp3) is 0.150. The number of carbonyl (C=O) groups is 2. The first-order chi connectivity index (χ1) is 13.0. The predicted molar refractivity (Wildman–Crippen MR) is 104 cm³/mol. The number of benzene rings is 2. The van der Waals surface area contributed by atoms with Gasteiger partial charge in [0.2, 0.25) is 5.91 Å². The van der Waals surface area contributed by atoms with Gasteiger partial charge < -0.3 is 10.6 Å². The maximum Gasteiger partial charge on any atom is 0.263 e. The molecule has 138 valence electrons. The van der Waals surface area contributed by atoms with Crippen molar-refractivity contribution in [3.8, 4) is 10.6 Å². The van der Waals surface area contributed by atoms with Gasteiger partial charge in [-0.1, -0.05) is 42.5 Å². The van der Waals surface area contributed by atoms with Crippen molar-refractivity contribution < 1.29 is 14.0 Å². The first-order valence-electron chi connectivity index (χ1n) is 8.35. The van der Waals surface area contributed by atoms with Crippen molar-refractivity contribution in [1.82, 2.24) is 10.3 Å². The Labute approximate surface area is 160 Å². The lowest BCUT2D eigenvalue weighted by atomic mass is 10.2. The van der Waals surface area contributed by atoms with Crippen LogP contribution < -0.4 is 10.6 Å². The SMILES string of the molecule is Cc1nc(-c2ccccc2)sc1C(=O)NC(C)C(=O)Nc1ccccc1F. The smallest absolute Gasteiger partial charge is 0.263 e. The molecule has 0 spiro atoms. The molecule has 0 aliphatic rings. The number of rotatable bonds is 5. The van der Waals surface area contributed by atoms with E-state index in [2.05, 4.69) is 15.6 Å². The van der Waals surface area contributed by atoms with Crippen LogP contribution in [0.25, 0.3) is 10.6 Å². The zero-order valence-electron chi connectivity index (χ0n) is 14.8. The Bertz CT molecular complexity index is 972. The summed E-state index contributed by atoms with van der Waals surface area (Å²) >= 11 is 1.27. The Balaban J connectivity index is 1.69. The molecule has 0 aliphatic heterocycles. The van der Waals surface area contributed by atoms with Crippen LogP contribution in [0.5, 0.6) is 0 Å². The lowest BCUT2D eigenvalue weighted by molar-refractivity contribution is -0.117. The lowest BCUT2D eigenvalue weighted by Gasteiger charge is -2.14. The number of aromatic nitrogens is 1. The van der Waals surface area contributed by atoms with E-state index in [1.165, 1.54) is 29.5 Å². The highest BCUT2D eigenvalue weighted by atomic mass is 32.1. The van der Waals surface area contributed by atoms with Gasteiger partial charge in [-0.25, -0.2) is 9.37 Å². The Morgan fingerprint density at radius 1 is 1.07 bits per heavy atom. The number of aryl methyl sites for hydroxylation is 1. The standard InChI is InChI=1S/C20H18FN3O2S/c1-12-17(27-20(23-12)14-8-4-3-5-9-14)19(26)22-13(2)18(25)24-16-11-7-6-10-15(16)21/h3-11,13H,1-2H3,(H,22,26)(H,24,25). The highest BCUT2D eigenvalue weighted by Crippen LogP contribution is 2.27. The van der Waals surface area contributed by atoms with Crippen LogP contribution in [0.1, 0.15) is 22.3 Å². The van der Waals surface area contributed by atoms with Crippen LogP contribution in [0.2, 0.25) is 0 Å². The monoisotopic (exact) mass is 383 g/mol. The molecule has 2 aromatic carbocycles. The highest BCUT2D eigenvalue weighted by Gasteiger charge is 2.21. The molecule has 3 aromatic rings. The highest BCUT2D eigenvalue weighted by molar-refractivity contribution is 7.17. The van der Waals surface area contributed by atoms with Crippen molar-refractivity contribution in [1.29, 1.82) is 0 Å². The van der Waals surface area contributed by atoms with Crippen LogP contribution in [0.15, 0.2) is 54.6 Å². The van der Waals surface area contributed by atoms with Crippen molar-refractivity contribution in [2.24, 2.45) is 0 Å². The average molecular weight is 383 g/mol. The van der Waals surface area contributed by atoms with Gasteiger partial charge in [-0.15, -0.1) is 11.3 Å². The van der Waals surface area contributed by atoms with Crippen molar-refractivity contribution in [3.63, 3.8) is 0 Å². The van der Waals surface area contributed by atoms with Crippen LogP contribution in [0, 0.1) is 12.7 Å². The molecule has 1 atom stereocenters. The molecule has 2 amide bonds. The molecule has 0 bridgehead atoms. The minimum atomic E-state index is -0.834. The minimum Gasteiger partial charge on any atom is -0.340 e. The zero-order chi connectivity index (χ0) is 19.4. The summed E-state index contributed by atoms with van der Waals surface area (Å²) in [5.74, 6) is -1.42. The van der Waals surface area contributed by atoms with Gasteiger partial charge in [0.25, 0.3) is 5.91 Å².